The summed E-state index contributed by atoms with van der Waals surface area (Å²) in [5, 5.41) is 4.71. The van der Waals surface area contributed by atoms with E-state index in [0.29, 0.717) is 19.8 Å². The second-order valence-electron chi connectivity index (χ2n) is 15.2. The maximum atomic E-state index is 7.91. The van der Waals surface area contributed by atoms with Crippen molar-refractivity contribution < 1.29 is 18.4 Å². The lowest BCUT2D eigenvalue weighted by atomic mass is 9.84. The van der Waals surface area contributed by atoms with E-state index < -0.39 is 16.6 Å². The van der Waals surface area contributed by atoms with Crippen LogP contribution in [0.5, 0.6) is 0 Å². The Morgan fingerprint density at radius 2 is 1.30 bits per heavy atom. The van der Waals surface area contributed by atoms with Gasteiger partial charge in [0.2, 0.25) is 0 Å². The standard InChI is InChI=1S/C37H53NO4Si2/c1-28-34-32(27-40-43(8,9)36(2,3)4)38(41-28)25-33(39-26-29-19-13-10-14-20-29)35(34)42-44(37(5,6)7,30-21-15-11-16-22-30)31-23-17-12-18-24-31/h10-24,28,32-35H,25-27H2,1-9H3/t28-,32+,33-,34-,35+/m0/s1. The Morgan fingerprint density at radius 1 is 0.773 bits per heavy atom. The summed E-state index contributed by atoms with van der Waals surface area (Å²) < 4.78 is 21.6. The lowest BCUT2D eigenvalue weighted by molar-refractivity contribution is -0.192. The molecule has 2 bridgehead atoms. The molecule has 2 fully saturated rings. The van der Waals surface area contributed by atoms with E-state index in [1.54, 1.807) is 0 Å². The first-order chi connectivity index (χ1) is 20.7. The quantitative estimate of drug-likeness (QED) is 0.222. The number of nitrogens with zero attached hydrogens (tertiary/aromatic N) is 1. The van der Waals surface area contributed by atoms with Crippen molar-refractivity contribution in [2.24, 2.45) is 5.92 Å². The molecule has 2 heterocycles. The molecule has 6 atom stereocenters. The first-order valence-corrected chi connectivity index (χ1v) is 21.1. The van der Waals surface area contributed by atoms with Gasteiger partial charge in [-0.15, -0.1) is 0 Å². The number of fused-ring (bicyclic) bond motifs is 2. The Balaban J connectivity index is 1.58. The number of ether oxygens (including phenoxy) is 1. The maximum absolute atomic E-state index is 7.91. The molecule has 0 spiro atoms. The lowest BCUT2D eigenvalue weighted by Crippen LogP contribution is -2.71. The van der Waals surface area contributed by atoms with Crippen molar-refractivity contribution in [1.29, 1.82) is 0 Å². The molecule has 0 aliphatic carbocycles. The van der Waals surface area contributed by atoms with Crippen LogP contribution in [0.3, 0.4) is 0 Å². The SMILES string of the molecule is C[C@@H]1ON2C[C@H](OCc3ccccc3)[C@@H](O[Si](c3ccccc3)(c3ccccc3)C(C)(C)C)[C@@H]1[C@H]2CO[Si](C)(C)C(C)(C)C. The highest BCUT2D eigenvalue weighted by Gasteiger charge is 2.59. The molecule has 0 saturated carbocycles. The lowest BCUT2D eigenvalue weighted by Gasteiger charge is -2.50. The van der Waals surface area contributed by atoms with Crippen molar-refractivity contribution in [2.45, 2.75) is 103 Å². The van der Waals surface area contributed by atoms with Crippen molar-refractivity contribution in [3.05, 3.63) is 96.6 Å². The second kappa shape index (κ2) is 12.9. The summed E-state index contributed by atoms with van der Waals surface area (Å²) in [6, 6.07) is 32.4. The largest absolute Gasteiger partial charge is 0.415 e. The zero-order valence-corrected chi connectivity index (χ0v) is 30.2. The van der Waals surface area contributed by atoms with E-state index in [0.717, 1.165) is 5.56 Å². The highest BCUT2D eigenvalue weighted by atomic mass is 28.4. The third kappa shape index (κ3) is 6.56. The van der Waals surface area contributed by atoms with Crippen molar-refractivity contribution in [3.8, 4) is 0 Å². The van der Waals surface area contributed by atoms with Crippen LogP contribution in [0.1, 0.15) is 54.0 Å². The Morgan fingerprint density at radius 3 is 1.80 bits per heavy atom. The smallest absolute Gasteiger partial charge is 0.261 e. The molecule has 0 N–H and O–H groups in total. The third-order valence-electron chi connectivity index (χ3n) is 10.2. The minimum Gasteiger partial charge on any atom is -0.415 e. The van der Waals surface area contributed by atoms with Crippen molar-refractivity contribution in [1.82, 2.24) is 5.06 Å². The van der Waals surface area contributed by atoms with Crippen LogP contribution in [0.25, 0.3) is 0 Å². The molecule has 2 aliphatic rings. The number of rotatable bonds is 10. The molecule has 5 nitrogen and oxygen atoms in total. The van der Waals surface area contributed by atoms with Gasteiger partial charge in [-0.2, -0.15) is 5.06 Å². The summed E-state index contributed by atoms with van der Waals surface area (Å²) in [7, 11) is -4.83. The molecule has 3 aromatic rings. The van der Waals surface area contributed by atoms with Crippen LogP contribution in [-0.4, -0.2) is 59.2 Å². The Kier molecular flexibility index (Phi) is 9.79. The zero-order chi connectivity index (χ0) is 31.8. The molecule has 0 radical (unpaired) electrons. The van der Waals surface area contributed by atoms with E-state index in [-0.39, 0.29) is 40.3 Å². The minimum absolute atomic E-state index is 0.0171. The number of hydroxylamine groups is 2. The average molecular weight is 632 g/mol. The summed E-state index contributed by atoms with van der Waals surface area (Å²) in [5.74, 6) is 0.0935. The Labute approximate surface area is 268 Å². The van der Waals surface area contributed by atoms with E-state index in [4.69, 9.17) is 18.4 Å². The molecule has 2 aliphatic heterocycles. The van der Waals surface area contributed by atoms with Crippen LogP contribution < -0.4 is 10.4 Å². The number of piperidine rings is 1. The average Bonchev–Trinajstić information content (AvgIpc) is 3.22. The van der Waals surface area contributed by atoms with Gasteiger partial charge in [0.1, 0.15) is 0 Å². The van der Waals surface area contributed by atoms with Crippen LogP contribution in [0.15, 0.2) is 91.0 Å². The first kappa shape index (κ1) is 33.3. The van der Waals surface area contributed by atoms with E-state index >= 15 is 0 Å². The van der Waals surface area contributed by atoms with E-state index in [9.17, 15) is 0 Å². The van der Waals surface area contributed by atoms with Gasteiger partial charge in [-0.05, 0) is 46.0 Å². The van der Waals surface area contributed by atoms with Crippen LogP contribution >= 0.6 is 0 Å². The van der Waals surface area contributed by atoms with Crippen LogP contribution in [0.2, 0.25) is 23.2 Å². The summed E-state index contributed by atoms with van der Waals surface area (Å²) in [5.41, 5.74) is 1.16. The summed E-state index contributed by atoms with van der Waals surface area (Å²) >= 11 is 0. The summed E-state index contributed by atoms with van der Waals surface area (Å²) in [4.78, 5) is 6.60. The topological polar surface area (TPSA) is 40.2 Å². The number of hydrogen-bond donors (Lipinski definition) is 0. The maximum Gasteiger partial charge on any atom is 0.261 e. The van der Waals surface area contributed by atoms with Gasteiger partial charge in [0.15, 0.2) is 8.32 Å². The van der Waals surface area contributed by atoms with Gasteiger partial charge in [0.25, 0.3) is 8.32 Å². The number of hydrogen-bond acceptors (Lipinski definition) is 5. The molecule has 1 unspecified atom stereocenters. The predicted octanol–water partition coefficient (Wildman–Crippen LogP) is 7.17. The molecule has 2 saturated heterocycles. The van der Waals surface area contributed by atoms with E-state index in [1.807, 2.05) is 6.07 Å². The summed E-state index contributed by atoms with van der Waals surface area (Å²) in [6.45, 7) is 22.6. The molecule has 44 heavy (non-hydrogen) atoms. The van der Waals surface area contributed by atoms with Gasteiger partial charge >= 0.3 is 0 Å². The van der Waals surface area contributed by atoms with E-state index in [1.165, 1.54) is 10.4 Å². The molecule has 238 valence electrons. The van der Waals surface area contributed by atoms with Gasteiger partial charge < -0.3 is 13.6 Å². The minimum atomic E-state index is -2.86. The van der Waals surface area contributed by atoms with Crippen LogP contribution in [0.4, 0.5) is 0 Å². The molecular weight excluding hydrogens is 579 g/mol. The predicted molar refractivity (Wildman–Crippen MR) is 185 cm³/mol. The van der Waals surface area contributed by atoms with Gasteiger partial charge in [-0.1, -0.05) is 133 Å². The van der Waals surface area contributed by atoms with Crippen LogP contribution in [0, 0.1) is 5.92 Å². The third-order valence-corrected chi connectivity index (χ3v) is 19.8. The van der Waals surface area contributed by atoms with E-state index in [2.05, 4.69) is 152 Å². The highest BCUT2D eigenvalue weighted by Crippen LogP contribution is 2.45. The zero-order valence-electron chi connectivity index (χ0n) is 28.2. The molecule has 5 rings (SSSR count). The molecule has 7 heteroatoms. The molecule has 0 amide bonds. The normalized spacial score (nSPS) is 26.1. The molecular formula is C37H53NO4Si2. The van der Waals surface area contributed by atoms with Crippen molar-refractivity contribution in [2.75, 3.05) is 13.2 Å². The summed E-state index contributed by atoms with van der Waals surface area (Å²) in [6.07, 6.45) is -0.348. The monoisotopic (exact) mass is 631 g/mol. The first-order valence-electron chi connectivity index (χ1n) is 16.3. The fourth-order valence-electron chi connectivity index (χ4n) is 6.74. The van der Waals surface area contributed by atoms with Crippen LogP contribution in [-0.2, 0) is 25.0 Å². The fourth-order valence-corrected chi connectivity index (χ4v) is 12.5. The van der Waals surface area contributed by atoms with Gasteiger partial charge in [-0.3, -0.25) is 4.84 Å². The van der Waals surface area contributed by atoms with Gasteiger partial charge in [0, 0.05) is 5.92 Å². The molecule has 3 aromatic carbocycles. The second-order valence-corrected chi connectivity index (χ2v) is 24.3. The highest BCUT2D eigenvalue weighted by molar-refractivity contribution is 6.99. The van der Waals surface area contributed by atoms with Crippen molar-refractivity contribution >= 4 is 27.0 Å². The fraction of sp³-hybridized carbons (Fsp3) is 0.514. The Hall–Kier alpha value is -2.11. The molecule has 0 aromatic heterocycles. The number of benzene rings is 3. The van der Waals surface area contributed by atoms with Gasteiger partial charge in [0.05, 0.1) is 44.1 Å². The Bertz CT molecular complexity index is 1300. The van der Waals surface area contributed by atoms with Crippen molar-refractivity contribution in [3.63, 3.8) is 0 Å². The van der Waals surface area contributed by atoms with Gasteiger partial charge in [-0.25, -0.2) is 0 Å².